The topological polar surface area (TPSA) is 60.3 Å². The van der Waals surface area contributed by atoms with E-state index in [1.165, 1.54) is 28.1 Å². The number of benzene rings is 3. The second-order valence-electron chi connectivity index (χ2n) is 9.49. The maximum absolute atomic E-state index is 12.3. The minimum Gasteiger partial charge on any atom is -0.378 e. The zero-order chi connectivity index (χ0) is 24.3. The minimum atomic E-state index is -0.349. The number of carbonyl (C=O) groups excluding carboxylic acids is 1. The Morgan fingerprint density at radius 2 is 1.18 bits per heavy atom. The van der Waals surface area contributed by atoms with Gasteiger partial charge in [-0.2, -0.15) is 10.2 Å². The van der Waals surface area contributed by atoms with Gasteiger partial charge in [-0.3, -0.25) is 4.79 Å². The lowest BCUT2D eigenvalue weighted by molar-refractivity contribution is -0.116. The molecule has 1 N–H and O–H groups in total. The van der Waals surface area contributed by atoms with Gasteiger partial charge < -0.3 is 15.1 Å². The van der Waals surface area contributed by atoms with E-state index in [1.807, 2.05) is 47.2 Å². The molecule has 0 radical (unpaired) electrons. The molecule has 6 heteroatoms. The third-order valence-electron chi connectivity index (χ3n) is 6.28. The molecule has 176 valence electrons. The van der Waals surface area contributed by atoms with Gasteiger partial charge in [-0.05, 0) is 60.0 Å². The molecule has 1 amide bonds. The summed E-state index contributed by atoms with van der Waals surface area (Å²) in [5, 5.41) is 10.9. The number of hydrogen-bond donors (Lipinski definition) is 1. The van der Waals surface area contributed by atoms with Crippen molar-refractivity contribution in [2.75, 3.05) is 43.3 Å². The van der Waals surface area contributed by atoms with E-state index >= 15 is 0 Å². The maximum atomic E-state index is 12.3. The van der Waals surface area contributed by atoms with Gasteiger partial charge in [-0.25, -0.2) is 0 Å². The molecule has 34 heavy (non-hydrogen) atoms. The van der Waals surface area contributed by atoms with E-state index in [0.717, 1.165) is 5.69 Å². The molecular formula is C28H33N5O. The van der Waals surface area contributed by atoms with Crippen LogP contribution in [0.3, 0.4) is 0 Å². The molecule has 1 heterocycles. The van der Waals surface area contributed by atoms with Crippen LogP contribution in [-0.4, -0.2) is 39.8 Å². The summed E-state index contributed by atoms with van der Waals surface area (Å²) >= 11 is 0. The van der Waals surface area contributed by atoms with E-state index in [-0.39, 0.29) is 17.5 Å². The first-order valence-electron chi connectivity index (χ1n) is 11.6. The van der Waals surface area contributed by atoms with E-state index in [4.69, 9.17) is 0 Å². The summed E-state index contributed by atoms with van der Waals surface area (Å²) in [5.41, 5.74) is 6.42. The van der Waals surface area contributed by atoms with Gasteiger partial charge in [0.2, 0.25) is 5.91 Å². The van der Waals surface area contributed by atoms with Gasteiger partial charge in [0.05, 0.1) is 0 Å². The Labute approximate surface area is 202 Å². The second kappa shape index (κ2) is 9.67. The molecular weight excluding hydrogens is 422 g/mol. The molecule has 0 fully saturated rings. The number of hydrogen-bond acceptors (Lipinski definition) is 5. The number of nitrogens with one attached hydrogen (secondary N) is 1. The van der Waals surface area contributed by atoms with Gasteiger partial charge in [0.25, 0.3) is 0 Å². The van der Waals surface area contributed by atoms with Gasteiger partial charge >= 0.3 is 0 Å². The van der Waals surface area contributed by atoms with Crippen LogP contribution in [0.4, 0.5) is 17.1 Å². The van der Waals surface area contributed by atoms with Gasteiger partial charge in [0, 0.05) is 64.0 Å². The molecule has 0 unspecified atom stereocenters. The largest absolute Gasteiger partial charge is 0.378 e. The molecule has 0 aromatic heterocycles. The molecule has 0 spiro atoms. The second-order valence-corrected chi connectivity index (χ2v) is 9.49. The maximum Gasteiger partial charge on any atom is 0.224 e. The van der Waals surface area contributed by atoms with Crippen LogP contribution in [0.1, 0.15) is 42.4 Å². The summed E-state index contributed by atoms with van der Waals surface area (Å²) in [5.74, 6) is 0.0802. The molecule has 1 aliphatic rings. The fraction of sp³-hybridized carbons (Fsp3) is 0.321. The molecule has 1 aliphatic heterocycles. The van der Waals surface area contributed by atoms with E-state index in [1.54, 1.807) is 0 Å². The summed E-state index contributed by atoms with van der Waals surface area (Å²) in [6.45, 7) is 1.94. The highest BCUT2D eigenvalue weighted by Gasteiger charge is 2.33. The molecule has 0 saturated carbocycles. The quantitative estimate of drug-likeness (QED) is 0.409. The van der Waals surface area contributed by atoms with E-state index < -0.39 is 0 Å². The number of rotatable bonds is 9. The molecule has 4 rings (SSSR count). The minimum absolute atomic E-state index is 0.0126. The first-order valence-corrected chi connectivity index (χ1v) is 11.6. The lowest BCUT2D eigenvalue weighted by Gasteiger charge is -2.22. The van der Waals surface area contributed by atoms with Crippen molar-refractivity contribution in [3.63, 3.8) is 0 Å². The van der Waals surface area contributed by atoms with Crippen molar-refractivity contribution in [2.45, 2.75) is 31.3 Å². The Morgan fingerprint density at radius 3 is 1.56 bits per heavy atom. The number of amides is 1. The van der Waals surface area contributed by atoms with Crippen LogP contribution in [0, 0.1) is 0 Å². The van der Waals surface area contributed by atoms with Crippen LogP contribution in [0.25, 0.3) is 0 Å². The number of carbonyl (C=O) groups is 1. The fourth-order valence-electron chi connectivity index (χ4n) is 4.03. The van der Waals surface area contributed by atoms with Crippen LogP contribution < -0.4 is 15.1 Å². The molecule has 6 nitrogen and oxygen atoms in total. The SMILES string of the molecule is CN(C)c1ccc(C(c2ccc(NC(=O)CCC3(C)N=N3)cc2)c2ccc(N(C)C)cc2)cc1. The van der Waals surface area contributed by atoms with Crippen molar-refractivity contribution < 1.29 is 4.79 Å². The third-order valence-corrected chi connectivity index (χ3v) is 6.28. The van der Waals surface area contributed by atoms with E-state index in [0.29, 0.717) is 12.8 Å². The Bertz CT molecular complexity index is 1090. The van der Waals surface area contributed by atoms with Crippen LogP contribution >= 0.6 is 0 Å². The summed E-state index contributed by atoms with van der Waals surface area (Å²) in [7, 11) is 8.20. The summed E-state index contributed by atoms with van der Waals surface area (Å²) in [6.07, 6.45) is 1.05. The fourth-order valence-corrected chi connectivity index (χ4v) is 4.03. The van der Waals surface area contributed by atoms with Crippen LogP contribution in [-0.2, 0) is 4.79 Å². The molecule has 3 aromatic carbocycles. The highest BCUT2D eigenvalue weighted by molar-refractivity contribution is 5.90. The average molecular weight is 456 g/mol. The van der Waals surface area contributed by atoms with Gasteiger partial charge in [0.15, 0.2) is 5.66 Å². The Morgan fingerprint density at radius 1 is 0.765 bits per heavy atom. The standard InChI is InChI=1S/C28H33N5O/c1-28(30-31-28)19-18-26(34)29-23-12-6-20(7-13-23)27(21-8-14-24(15-9-21)32(2)3)22-10-16-25(17-11-22)33(4)5/h6-17,27H,18-19H2,1-5H3,(H,29,34). The van der Waals surface area contributed by atoms with Crippen molar-refractivity contribution in [1.82, 2.24) is 0 Å². The van der Waals surface area contributed by atoms with Gasteiger partial charge in [0.1, 0.15) is 0 Å². The lowest BCUT2D eigenvalue weighted by Crippen LogP contribution is -2.15. The van der Waals surface area contributed by atoms with Crippen molar-refractivity contribution >= 4 is 23.0 Å². The van der Waals surface area contributed by atoms with Crippen LogP contribution in [0.15, 0.2) is 83.0 Å². The molecule has 0 bridgehead atoms. The Kier molecular flexibility index (Phi) is 6.68. The van der Waals surface area contributed by atoms with Gasteiger partial charge in [-0.15, -0.1) is 0 Å². The molecule has 0 aliphatic carbocycles. The van der Waals surface area contributed by atoms with Crippen molar-refractivity contribution in [3.05, 3.63) is 89.5 Å². The average Bonchev–Trinajstić information content (AvgIpc) is 3.57. The van der Waals surface area contributed by atoms with Crippen molar-refractivity contribution in [2.24, 2.45) is 10.2 Å². The molecule has 0 saturated heterocycles. The normalized spacial score (nSPS) is 13.6. The predicted molar refractivity (Wildman–Crippen MR) is 140 cm³/mol. The predicted octanol–water partition coefficient (Wildman–Crippen LogP) is 5.90. The zero-order valence-electron chi connectivity index (χ0n) is 20.6. The third kappa shape index (κ3) is 5.63. The highest BCUT2D eigenvalue weighted by Crippen LogP contribution is 2.35. The van der Waals surface area contributed by atoms with Crippen molar-refractivity contribution in [1.29, 1.82) is 0 Å². The lowest BCUT2D eigenvalue weighted by atomic mass is 9.85. The monoisotopic (exact) mass is 455 g/mol. The first kappa shape index (κ1) is 23.5. The number of anilines is 3. The zero-order valence-corrected chi connectivity index (χ0v) is 20.6. The van der Waals surface area contributed by atoms with Gasteiger partial charge in [-0.1, -0.05) is 36.4 Å². The van der Waals surface area contributed by atoms with Crippen LogP contribution in [0.5, 0.6) is 0 Å². The van der Waals surface area contributed by atoms with E-state index in [2.05, 4.69) is 86.0 Å². The summed E-state index contributed by atoms with van der Waals surface area (Å²) < 4.78 is 0. The Hall–Kier alpha value is -3.67. The highest BCUT2D eigenvalue weighted by atomic mass is 16.1. The smallest absolute Gasteiger partial charge is 0.224 e. The van der Waals surface area contributed by atoms with Crippen LogP contribution in [0.2, 0.25) is 0 Å². The number of nitrogens with zero attached hydrogens (tertiary/aromatic N) is 4. The van der Waals surface area contributed by atoms with Crippen molar-refractivity contribution in [3.8, 4) is 0 Å². The first-order chi connectivity index (χ1) is 16.2. The molecule has 3 aromatic rings. The molecule has 0 atom stereocenters. The van der Waals surface area contributed by atoms with E-state index in [9.17, 15) is 4.79 Å². The Balaban J connectivity index is 1.57. The summed E-state index contributed by atoms with van der Waals surface area (Å²) in [6, 6.07) is 25.6. The summed E-state index contributed by atoms with van der Waals surface area (Å²) in [4.78, 5) is 16.5.